The van der Waals surface area contributed by atoms with E-state index in [1.54, 1.807) is 37.3 Å². The molecular weight excluding hydrogens is 365 g/mol. The Hall–Kier alpha value is -2.24. The summed E-state index contributed by atoms with van der Waals surface area (Å²) in [6.45, 7) is 3.19. The second kappa shape index (κ2) is 8.23. The maximum atomic E-state index is 12.1. The van der Waals surface area contributed by atoms with Gasteiger partial charge in [0.15, 0.2) is 6.61 Å². The highest BCUT2D eigenvalue weighted by Crippen LogP contribution is 2.32. The maximum absolute atomic E-state index is 12.1. The summed E-state index contributed by atoms with van der Waals surface area (Å²) in [5, 5.41) is 3.20. The minimum atomic E-state index is -0.630. The summed E-state index contributed by atoms with van der Waals surface area (Å²) in [5.41, 5.74) is 2.24. The number of ether oxygens (including phenoxy) is 2. The van der Waals surface area contributed by atoms with E-state index in [0.29, 0.717) is 27.0 Å². The number of benzene rings is 2. The molecule has 0 spiro atoms. The van der Waals surface area contributed by atoms with E-state index in [-0.39, 0.29) is 0 Å². The van der Waals surface area contributed by atoms with Gasteiger partial charge >= 0.3 is 5.97 Å². The van der Waals surface area contributed by atoms with Crippen molar-refractivity contribution in [1.29, 1.82) is 0 Å². The van der Waals surface area contributed by atoms with Gasteiger partial charge in [-0.2, -0.15) is 0 Å². The van der Waals surface area contributed by atoms with Crippen LogP contribution >= 0.6 is 23.2 Å². The van der Waals surface area contributed by atoms with Crippen LogP contribution in [0.15, 0.2) is 30.3 Å². The van der Waals surface area contributed by atoms with Crippen molar-refractivity contribution >= 4 is 40.8 Å². The van der Waals surface area contributed by atoms with Crippen LogP contribution in [0.4, 0.5) is 5.69 Å². The van der Waals surface area contributed by atoms with Crippen LogP contribution in [0.1, 0.15) is 21.5 Å². The molecule has 2 rings (SSSR count). The van der Waals surface area contributed by atoms with Crippen LogP contribution in [0.3, 0.4) is 0 Å². The van der Waals surface area contributed by atoms with Crippen molar-refractivity contribution in [2.24, 2.45) is 0 Å². The Morgan fingerprint density at radius 2 is 1.76 bits per heavy atom. The quantitative estimate of drug-likeness (QED) is 0.778. The van der Waals surface area contributed by atoms with Crippen molar-refractivity contribution in [1.82, 2.24) is 0 Å². The summed E-state index contributed by atoms with van der Waals surface area (Å²) in [6.07, 6.45) is 0. The Balaban J connectivity index is 2.01. The van der Waals surface area contributed by atoms with Crippen LogP contribution in [0.2, 0.25) is 10.0 Å². The zero-order valence-corrected chi connectivity index (χ0v) is 15.5. The van der Waals surface area contributed by atoms with E-state index in [0.717, 1.165) is 11.1 Å². The van der Waals surface area contributed by atoms with Crippen molar-refractivity contribution in [3.63, 3.8) is 0 Å². The van der Waals surface area contributed by atoms with Crippen LogP contribution < -0.4 is 10.1 Å². The Kier molecular flexibility index (Phi) is 6.28. The lowest BCUT2D eigenvalue weighted by atomic mass is 10.1. The van der Waals surface area contributed by atoms with Gasteiger partial charge in [0.1, 0.15) is 5.75 Å². The zero-order chi connectivity index (χ0) is 18.6. The normalized spacial score (nSPS) is 10.3. The number of rotatable bonds is 5. The number of hydrogen-bond acceptors (Lipinski definition) is 4. The van der Waals surface area contributed by atoms with Crippen molar-refractivity contribution in [2.45, 2.75) is 13.8 Å². The minimum Gasteiger partial charge on any atom is -0.496 e. The van der Waals surface area contributed by atoms with E-state index >= 15 is 0 Å². The van der Waals surface area contributed by atoms with Gasteiger partial charge in [0, 0.05) is 0 Å². The Morgan fingerprint density at radius 3 is 2.44 bits per heavy atom. The summed E-state index contributed by atoms with van der Waals surface area (Å²) in [7, 11) is 1.51. The molecule has 1 N–H and O–H groups in total. The molecule has 0 fully saturated rings. The second-order valence-corrected chi connectivity index (χ2v) is 6.15. The Bertz CT molecular complexity index is 821. The molecule has 0 aliphatic carbocycles. The van der Waals surface area contributed by atoms with E-state index < -0.39 is 18.5 Å². The van der Waals surface area contributed by atoms with Gasteiger partial charge in [-0.05, 0) is 43.2 Å². The SMILES string of the molecule is COc1cc(C(=O)OCC(=O)Nc2c(Cl)ccc(C)c2Cl)ccc1C. The van der Waals surface area contributed by atoms with Gasteiger partial charge in [-0.3, -0.25) is 4.79 Å². The van der Waals surface area contributed by atoms with Crippen molar-refractivity contribution in [3.8, 4) is 5.75 Å². The molecule has 0 radical (unpaired) electrons. The first-order valence-corrected chi connectivity index (χ1v) is 8.15. The molecule has 0 saturated heterocycles. The number of amides is 1. The third kappa shape index (κ3) is 4.65. The third-order valence-electron chi connectivity index (χ3n) is 3.53. The Morgan fingerprint density at radius 1 is 1.08 bits per heavy atom. The number of nitrogens with one attached hydrogen (secondary N) is 1. The summed E-state index contributed by atoms with van der Waals surface area (Å²) in [6, 6.07) is 8.27. The Labute approximate surface area is 155 Å². The van der Waals surface area contributed by atoms with Crippen molar-refractivity contribution in [2.75, 3.05) is 19.0 Å². The molecule has 0 unspecified atom stereocenters. The number of carbonyl (C=O) groups excluding carboxylic acids is 2. The number of halogens is 2. The summed E-state index contributed by atoms with van der Waals surface area (Å²) in [5.74, 6) is -0.603. The molecule has 0 atom stereocenters. The van der Waals surface area contributed by atoms with E-state index in [4.69, 9.17) is 32.7 Å². The largest absolute Gasteiger partial charge is 0.496 e. The predicted octanol–water partition coefficient (Wildman–Crippen LogP) is 4.41. The van der Waals surface area contributed by atoms with Gasteiger partial charge in [0.05, 0.1) is 28.4 Å². The van der Waals surface area contributed by atoms with Gasteiger partial charge in [0.25, 0.3) is 5.91 Å². The fourth-order valence-corrected chi connectivity index (χ4v) is 2.57. The first kappa shape index (κ1) is 19.1. The fraction of sp³-hybridized carbons (Fsp3) is 0.222. The lowest BCUT2D eigenvalue weighted by molar-refractivity contribution is -0.119. The smallest absolute Gasteiger partial charge is 0.338 e. The molecule has 0 saturated carbocycles. The van der Waals surface area contributed by atoms with Gasteiger partial charge in [0.2, 0.25) is 0 Å². The molecule has 2 aromatic carbocycles. The second-order valence-electron chi connectivity index (χ2n) is 5.36. The summed E-state index contributed by atoms with van der Waals surface area (Å²) in [4.78, 5) is 24.1. The van der Waals surface area contributed by atoms with Gasteiger partial charge in [-0.1, -0.05) is 35.3 Å². The first-order chi connectivity index (χ1) is 11.8. The van der Waals surface area contributed by atoms with E-state index in [1.165, 1.54) is 7.11 Å². The molecule has 1 amide bonds. The molecule has 0 aliphatic rings. The minimum absolute atomic E-state index is 0.293. The molecule has 7 heteroatoms. The molecule has 0 aliphatic heterocycles. The van der Waals surface area contributed by atoms with Crippen molar-refractivity contribution in [3.05, 3.63) is 57.1 Å². The summed E-state index contributed by atoms with van der Waals surface area (Å²) < 4.78 is 10.2. The molecule has 132 valence electrons. The van der Waals surface area contributed by atoms with E-state index in [1.807, 2.05) is 6.92 Å². The average Bonchev–Trinajstić information content (AvgIpc) is 2.60. The number of anilines is 1. The van der Waals surface area contributed by atoms with Crippen LogP contribution in [0.5, 0.6) is 5.75 Å². The number of carbonyl (C=O) groups is 2. The summed E-state index contributed by atoms with van der Waals surface area (Å²) >= 11 is 12.2. The van der Waals surface area contributed by atoms with Gasteiger partial charge in [-0.25, -0.2) is 4.79 Å². The molecule has 0 heterocycles. The number of esters is 1. The van der Waals surface area contributed by atoms with E-state index in [9.17, 15) is 9.59 Å². The average molecular weight is 382 g/mol. The van der Waals surface area contributed by atoms with E-state index in [2.05, 4.69) is 5.32 Å². The van der Waals surface area contributed by atoms with Gasteiger partial charge in [-0.15, -0.1) is 0 Å². The number of hydrogen-bond donors (Lipinski definition) is 1. The molecule has 2 aromatic rings. The molecule has 0 aromatic heterocycles. The standard InChI is InChI=1S/C18H17Cl2NO4/c1-10-4-6-12(8-14(10)24-3)18(23)25-9-15(22)21-17-13(19)7-5-11(2)16(17)20/h4-8H,9H2,1-3H3,(H,21,22). The lowest BCUT2D eigenvalue weighted by Crippen LogP contribution is -2.21. The monoisotopic (exact) mass is 381 g/mol. The number of aryl methyl sites for hydroxylation is 2. The molecule has 0 bridgehead atoms. The lowest BCUT2D eigenvalue weighted by Gasteiger charge is -2.12. The predicted molar refractivity (Wildman–Crippen MR) is 97.8 cm³/mol. The highest BCUT2D eigenvalue weighted by atomic mass is 35.5. The number of methoxy groups -OCH3 is 1. The van der Waals surface area contributed by atoms with Crippen LogP contribution in [-0.4, -0.2) is 25.6 Å². The third-order valence-corrected chi connectivity index (χ3v) is 4.33. The van der Waals surface area contributed by atoms with Crippen LogP contribution in [0.25, 0.3) is 0 Å². The highest BCUT2D eigenvalue weighted by molar-refractivity contribution is 6.40. The van der Waals surface area contributed by atoms with Crippen LogP contribution in [-0.2, 0) is 9.53 Å². The fourth-order valence-electron chi connectivity index (χ4n) is 2.11. The zero-order valence-electron chi connectivity index (χ0n) is 14.0. The van der Waals surface area contributed by atoms with Gasteiger partial charge < -0.3 is 14.8 Å². The maximum Gasteiger partial charge on any atom is 0.338 e. The highest BCUT2D eigenvalue weighted by Gasteiger charge is 2.15. The molecule has 5 nitrogen and oxygen atoms in total. The first-order valence-electron chi connectivity index (χ1n) is 7.39. The molecule has 25 heavy (non-hydrogen) atoms. The topological polar surface area (TPSA) is 64.6 Å². The molecular formula is C18H17Cl2NO4. The van der Waals surface area contributed by atoms with Crippen molar-refractivity contribution < 1.29 is 19.1 Å². The van der Waals surface area contributed by atoms with Crippen LogP contribution in [0, 0.1) is 13.8 Å².